The molecule has 2 saturated heterocycles. The second-order valence-electron chi connectivity index (χ2n) is 11.2. The lowest BCUT2D eigenvalue weighted by atomic mass is 9.77. The third-order valence-corrected chi connectivity index (χ3v) is 8.15. The molecule has 2 aromatic rings. The molecule has 2 fully saturated rings. The monoisotopic (exact) mass is 485 g/mol. The van der Waals surface area contributed by atoms with Crippen LogP contribution in [0.1, 0.15) is 46.1 Å². The number of piperidine rings is 1. The van der Waals surface area contributed by atoms with Gasteiger partial charge in [0.2, 0.25) is 5.95 Å². The number of benzene rings is 1. The smallest absolute Gasteiger partial charge is 0.229 e. The number of halogens is 1. The summed E-state index contributed by atoms with van der Waals surface area (Å²) in [5.74, 6) is 1.51. The first-order chi connectivity index (χ1) is 15.9. The van der Waals surface area contributed by atoms with E-state index in [1.165, 1.54) is 5.69 Å². The van der Waals surface area contributed by atoms with E-state index in [1.807, 2.05) is 6.20 Å². The highest BCUT2D eigenvalue weighted by atomic mass is 35.5. The van der Waals surface area contributed by atoms with E-state index in [0.29, 0.717) is 12.0 Å². The molecule has 1 atom stereocenters. The molecule has 1 unspecified atom stereocenters. The van der Waals surface area contributed by atoms with Crippen molar-refractivity contribution in [3.8, 4) is 0 Å². The Labute approximate surface area is 209 Å². The first kappa shape index (κ1) is 25.0. The lowest BCUT2D eigenvalue weighted by molar-refractivity contribution is -0.00773. The van der Waals surface area contributed by atoms with Gasteiger partial charge in [-0.3, -0.25) is 9.80 Å². The molecular weight excluding hydrogens is 446 g/mol. The second kappa shape index (κ2) is 9.51. The van der Waals surface area contributed by atoms with Gasteiger partial charge in [0.25, 0.3) is 0 Å². The Hall–Kier alpha value is -2.09. The van der Waals surface area contributed by atoms with Crippen LogP contribution in [-0.4, -0.2) is 76.1 Å². The van der Waals surface area contributed by atoms with Crippen molar-refractivity contribution in [1.29, 1.82) is 0 Å². The van der Waals surface area contributed by atoms with Crippen LogP contribution in [0.5, 0.6) is 0 Å². The molecule has 0 bridgehead atoms. The predicted molar refractivity (Wildman–Crippen MR) is 144 cm³/mol. The fourth-order valence-corrected chi connectivity index (χ4v) is 5.53. The van der Waals surface area contributed by atoms with Crippen molar-refractivity contribution in [2.24, 2.45) is 0 Å². The number of rotatable bonds is 5. The van der Waals surface area contributed by atoms with E-state index in [4.69, 9.17) is 16.6 Å². The number of likely N-dealkylation sites (N-methyl/N-ethyl adjacent to an activating group) is 1. The minimum absolute atomic E-state index is 0.0409. The summed E-state index contributed by atoms with van der Waals surface area (Å²) in [4.78, 5) is 16.4. The molecule has 0 amide bonds. The summed E-state index contributed by atoms with van der Waals surface area (Å²) >= 11 is 6.43. The quantitative estimate of drug-likeness (QED) is 0.461. The van der Waals surface area contributed by atoms with E-state index < -0.39 is 0 Å². The number of hydrogen-bond donors (Lipinski definition) is 2. The number of likely N-dealkylation sites (tertiary alicyclic amines) is 1. The molecule has 186 valence electrons. The van der Waals surface area contributed by atoms with Gasteiger partial charge >= 0.3 is 0 Å². The third-order valence-electron chi connectivity index (χ3n) is 7.68. The number of hydrogen-bond acceptors (Lipinski definition) is 7. The number of anilines is 4. The van der Waals surface area contributed by atoms with E-state index in [0.717, 1.165) is 49.5 Å². The number of nitrogens with one attached hydrogen (secondary N) is 2. The highest BCUT2D eigenvalue weighted by Gasteiger charge is 2.43. The Morgan fingerprint density at radius 3 is 2.26 bits per heavy atom. The Kier molecular flexibility index (Phi) is 7.00. The van der Waals surface area contributed by atoms with E-state index in [-0.39, 0.29) is 16.6 Å². The van der Waals surface area contributed by atoms with Crippen LogP contribution in [0.4, 0.5) is 23.1 Å². The molecule has 2 N–H and O–H groups in total. The zero-order valence-electron chi connectivity index (χ0n) is 21.7. The lowest BCUT2D eigenvalue weighted by Gasteiger charge is -2.53. The van der Waals surface area contributed by atoms with Crippen LogP contribution in [0.3, 0.4) is 0 Å². The van der Waals surface area contributed by atoms with Gasteiger partial charge in [0, 0.05) is 59.9 Å². The maximum atomic E-state index is 6.43. The molecular formula is C26H40ClN7. The van der Waals surface area contributed by atoms with Gasteiger partial charge in [-0.1, -0.05) is 0 Å². The number of aryl methyl sites for hydroxylation is 1. The SMILES string of the molecule is Cc1cnc(Nc2ccc(N3CCN(C)C(Cl)C3)cc2)nc1NC1CC(C)(C)N(C)C(C)(C)C1. The molecule has 8 heteroatoms. The zero-order chi connectivity index (χ0) is 24.7. The number of nitrogens with zero attached hydrogens (tertiary/aromatic N) is 5. The van der Waals surface area contributed by atoms with Crippen LogP contribution >= 0.6 is 11.6 Å². The summed E-state index contributed by atoms with van der Waals surface area (Å²) in [6.45, 7) is 14.1. The largest absolute Gasteiger partial charge is 0.367 e. The highest BCUT2D eigenvalue weighted by molar-refractivity contribution is 6.20. The average Bonchev–Trinajstić information content (AvgIpc) is 2.76. The second-order valence-corrected chi connectivity index (χ2v) is 11.7. The van der Waals surface area contributed by atoms with Gasteiger partial charge in [0.05, 0.1) is 0 Å². The van der Waals surface area contributed by atoms with Crippen LogP contribution < -0.4 is 15.5 Å². The molecule has 1 aromatic heterocycles. The first-order valence-electron chi connectivity index (χ1n) is 12.2. The van der Waals surface area contributed by atoms with Gasteiger partial charge < -0.3 is 15.5 Å². The van der Waals surface area contributed by atoms with Gasteiger partial charge in [-0.05, 0) is 85.8 Å². The molecule has 4 rings (SSSR count). The fourth-order valence-electron chi connectivity index (χ4n) is 5.27. The first-order valence-corrected chi connectivity index (χ1v) is 12.7. The lowest BCUT2D eigenvalue weighted by Crippen LogP contribution is -2.61. The number of alkyl halides is 1. The molecule has 2 aliphatic heterocycles. The molecule has 0 saturated carbocycles. The fraction of sp³-hybridized carbons (Fsp3) is 0.615. The Bertz CT molecular complexity index is 973. The van der Waals surface area contributed by atoms with Gasteiger partial charge in [0.1, 0.15) is 11.3 Å². The van der Waals surface area contributed by atoms with Crippen LogP contribution in [0, 0.1) is 6.92 Å². The van der Waals surface area contributed by atoms with Crippen molar-refractivity contribution in [3.63, 3.8) is 0 Å². The molecule has 34 heavy (non-hydrogen) atoms. The molecule has 0 radical (unpaired) electrons. The Balaban J connectivity index is 1.43. The van der Waals surface area contributed by atoms with Crippen LogP contribution in [0.2, 0.25) is 0 Å². The summed E-state index contributed by atoms with van der Waals surface area (Å²) in [6, 6.07) is 8.78. The molecule has 0 aliphatic carbocycles. The summed E-state index contributed by atoms with van der Waals surface area (Å²) in [5.41, 5.74) is 3.49. The molecule has 7 nitrogen and oxygen atoms in total. The molecule has 0 spiro atoms. The van der Waals surface area contributed by atoms with Crippen LogP contribution in [0.25, 0.3) is 0 Å². The van der Waals surface area contributed by atoms with Crippen molar-refractivity contribution >= 4 is 34.7 Å². The van der Waals surface area contributed by atoms with Crippen LogP contribution in [-0.2, 0) is 0 Å². The number of piperazine rings is 1. The molecule has 2 aliphatic rings. The summed E-state index contributed by atoms with van der Waals surface area (Å²) in [6.07, 6.45) is 4.02. The maximum Gasteiger partial charge on any atom is 0.229 e. The minimum atomic E-state index is 0.0409. The van der Waals surface area contributed by atoms with E-state index >= 15 is 0 Å². The highest BCUT2D eigenvalue weighted by Crippen LogP contribution is 2.38. The standard InChI is InChI=1S/C26H40ClN7/c1-18-16-28-24(31-23(18)29-20-14-25(2,3)33(7)26(4,5)15-20)30-19-8-10-21(11-9-19)34-13-12-32(6)22(27)17-34/h8-11,16,20,22H,12-15,17H2,1-7H3,(H2,28,29,30,31). The van der Waals surface area contributed by atoms with E-state index in [2.05, 4.69) is 103 Å². The Morgan fingerprint density at radius 2 is 1.65 bits per heavy atom. The van der Waals surface area contributed by atoms with Gasteiger partial charge in [-0.15, -0.1) is 11.6 Å². The van der Waals surface area contributed by atoms with Crippen molar-refractivity contribution in [1.82, 2.24) is 19.8 Å². The predicted octanol–water partition coefficient (Wildman–Crippen LogP) is 4.91. The van der Waals surface area contributed by atoms with E-state index in [1.54, 1.807) is 0 Å². The normalized spacial score (nSPS) is 23.6. The maximum absolute atomic E-state index is 6.43. The third kappa shape index (κ3) is 5.42. The average molecular weight is 486 g/mol. The summed E-state index contributed by atoms with van der Waals surface area (Å²) in [7, 11) is 4.30. The van der Waals surface area contributed by atoms with Crippen molar-refractivity contribution in [2.75, 3.05) is 49.3 Å². The zero-order valence-corrected chi connectivity index (χ0v) is 22.4. The van der Waals surface area contributed by atoms with Gasteiger partial charge in [-0.25, -0.2) is 4.98 Å². The van der Waals surface area contributed by atoms with Crippen molar-refractivity contribution in [3.05, 3.63) is 36.0 Å². The van der Waals surface area contributed by atoms with Gasteiger partial charge in [-0.2, -0.15) is 4.98 Å². The van der Waals surface area contributed by atoms with Crippen molar-refractivity contribution < 1.29 is 0 Å². The van der Waals surface area contributed by atoms with Gasteiger partial charge in [0.15, 0.2) is 0 Å². The minimum Gasteiger partial charge on any atom is -0.367 e. The summed E-state index contributed by atoms with van der Waals surface area (Å²) in [5, 5.41) is 7.10. The topological polar surface area (TPSA) is 59.6 Å². The van der Waals surface area contributed by atoms with Crippen molar-refractivity contribution in [2.45, 2.75) is 70.1 Å². The van der Waals surface area contributed by atoms with E-state index in [9.17, 15) is 0 Å². The summed E-state index contributed by atoms with van der Waals surface area (Å²) < 4.78 is 0. The molecule has 3 heterocycles. The number of aromatic nitrogens is 2. The Morgan fingerprint density at radius 1 is 1.00 bits per heavy atom. The molecule has 1 aromatic carbocycles. The van der Waals surface area contributed by atoms with Crippen LogP contribution in [0.15, 0.2) is 30.5 Å².